The molecule has 0 saturated heterocycles. The van der Waals surface area contributed by atoms with E-state index in [9.17, 15) is 0 Å². The molecule has 104 valence electrons. The van der Waals surface area contributed by atoms with Crippen molar-refractivity contribution in [3.8, 4) is 0 Å². The first-order valence-corrected chi connectivity index (χ1v) is 7.82. The molecule has 0 saturated carbocycles. The summed E-state index contributed by atoms with van der Waals surface area (Å²) in [5, 5.41) is 0. The van der Waals surface area contributed by atoms with Gasteiger partial charge in [0.15, 0.2) is 0 Å². The van der Waals surface area contributed by atoms with Crippen LogP contribution in [-0.4, -0.2) is 0 Å². The molecule has 0 radical (unpaired) electrons. The molecule has 0 aromatic rings. The quantitative estimate of drug-likeness (QED) is 0.254. The van der Waals surface area contributed by atoms with Crippen LogP contribution in [0.25, 0.3) is 0 Å². The first-order chi connectivity index (χ1) is 8.91. The van der Waals surface area contributed by atoms with E-state index in [2.05, 4.69) is 37.8 Å². The topological polar surface area (TPSA) is 0 Å². The van der Waals surface area contributed by atoms with Crippen LogP contribution in [0.15, 0.2) is 37.0 Å². The summed E-state index contributed by atoms with van der Waals surface area (Å²) in [7, 11) is 0. The molecule has 0 bridgehead atoms. The van der Waals surface area contributed by atoms with Crippen LogP contribution in [0.4, 0.5) is 0 Å². The van der Waals surface area contributed by atoms with Crippen LogP contribution in [0, 0.1) is 0 Å². The van der Waals surface area contributed by atoms with Gasteiger partial charge in [-0.2, -0.15) is 0 Å². The Morgan fingerprint density at radius 3 is 1.89 bits per heavy atom. The first kappa shape index (κ1) is 17.2. The fraction of sp³-hybridized carbons (Fsp3) is 0.667. The van der Waals surface area contributed by atoms with E-state index in [0.29, 0.717) is 0 Å². The van der Waals surface area contributed by atoms with Gasteiger partial charge in [0.1, 0.15) is 0 Å². The van der Waals surface area contributed by atoms with E-state index in [4.69, 9.17) is 0 Å². The molecule has 0 N–H and O–H groups in total. The van der Waals surface area contributed by atoms with Crippen molar-refractivity contribution in [2.45, 2.75) is 77.6 Å². The highest BCUT2D eigenvalue weighted by Crippen LogP contribution is 2.09. The lowest BCUT2D eigenvalue weighted by Crippen LogP contribution is -1.79. The van der Waals surface area contributed by atoms with Crippen LogP contribution in [0.2, 0.25) is 0 Å². The standard InChI is InChI=1S/C18H32/c1-3-5-7-9-11-13-15-17-18-16-14-12-10-8-6-4-2/h3,7,9,13,15H,1,4-6,8,10-12,14,16-18H2,2H3. The molecule has 0 heteroatoms. The Labute approximate surface area is 115 Å². The summed E-state index contributed by atoms with van der Waals surface area (Å²) < 4.78 is 0. The van der Waals surface area contributed by atoms with Gasteiger partial charge in [0.25, 0.3) is 0 Å². The minimum absolute atomic E-state index is 0.992. The smallest absolute Gasteiger partial charge is 0.0169 e. The van der Waals surface area contributed by atoms with Crippen molar-refractivity contribution in [2.24, 2.45) is 0 Å². The van der Waals surface area contributed by atoms with Crippen LogP contribution < -0.4 is 0 Å². The lowest BCUT2D eigenvalue weighted by Gasteiger charge is -1.99. The van der Waals surface area contributed by atoms with E-state index in [1.54, 1.807) is 0 Å². The second kappa shape index (κ2) is 16.2. The van der Waals surface area contributed by atoms with E-state index in [-0.39, 0.29) is 0 Å². The van der Waals surface area contributed by atoms with E-state index in [1.165, 1.54) is 57.8 Å². The van der Waals surface area contributed by atoms with Crippen molar-refractivity contribution in [1.82, 2.24) is 0 Å². The zero-order chi connectivity index (χ0) is 13.3. The molecule has 0 aromatic heterocycles. The molecule has 0 heterocycles. The summed E-state index contributed by atoms with van der Waals surface area (Å²) in [6, 6.07) is 0. The Kier molecular flexibility index (Phi) is 15.5. The van der Waals surface area contributed by atoms with Crippen molar-refractivity contribution in [1.29, 1.82) is 0 Å². The van der Waals surface area contributed by atoms with Crippen molar-refractivity contribution >= 4 is 0 Å². The maximum atomic E-state index is 3.69. The third-order valence-electron chi connectivity index (χ3n) is 3.13. The highest BCUT2D eigenvalue weighted by molar-refractivity contribution is 4.95. The van der Waals surface area contributed by atoms with Gasteiger partial charge in [-0.05, 0) is 25.7 Å². The summed E-state index contributed by atoms with van der Waals surface area (Å²) >= 11 is 0. The zero-order valence-corrected chi connectivity index (χ0v) is 12.4. The lowest BCUT2D eigenvalue weighted by atomic mass is 10.1. The molecule has 0 rings (SSSR count). The van der Waals surface area contributed by atoms with Crippen LogP contribution >= 0.6 is 0 Å². The summed E-state index contributed by atoms with van der Waals surface area (Å²) in [5.74, 6) is 0. The number of unbranched alkanes of at least 4 members (excludes halogenated alkanes) is 8. The van der Waals surface area contributed by atoms with Gasteiger partial charge in [-0.15, -0.1) is 6.58 Å². The Bertz CT molecular complexity index is 210. The normalized spacial score (nSPS) is 11.6. The van der Waals surface area contributed by atoms with Gasteiger partial charge in [-0.1, -0.05) is 82.2 Å². The van der Waals surface area contributed by atoms with E-state index in [1.807, 2.05) is 6.08 Å². The van der Waals surface area contributed by atoms with Crippen molar-refractivity contribution in [2.75, 3.05) is 0 Å². The molecule has 0 unspecified atom stereocenters. The largest absolute Gasteiger partial charge is 0.103 e. The van der Waals surface area contributed by atoms with E-state index in [0.717, 1.165) is 12.8 Å². The first-order valence-electron chi connectivity index (χ1n) is 7.82. The van der Waals surface area contributed by atoms with Crippen LogP contribution in [-0.2, 0) is 0 Å². The van der Waals surface area contributed by atoms with Crippen LogP contribution in [0.3, 0.4) is 0 Å². The molecular formula is C18H32. The lowest BCUT2D eigenvalue weighted by molar-refractivity contribution is 0.577. The predicted octanol–water partition coefficient (Wildman–Crippen LogP) is 6.60. The number of rotatable bonds is 13. The molecule has 0 aromatic carbocycles. The Morgan fingerprint density at radius 2 is 1.22 bits per heavy atom. The third kappa shape index (κ3) is 15.2. The SMILES string of the molecule is C=CCC=CCC=CCCCCCCCCCC. The monoisotopic (exact) mass is 248 g/mol. The molecule has 0 atom stereocenters. The van der Waals surface area contributed by atoms with Gasteiger partial charge in [0, 0.05) is 0 Å². The highest BCUT2D eigenvalue weighted by atomic mass is 14.0. The van der Waals surface area contributed by atoms with Gasteiger partial charge in [-0.25, -0.2) is 0 Å². The maximum absolute atomic E-state index is 3.69. The minimum Gasteiger partial charge on any atom is -0.103 e. The summed E-state index contributed by atoms with van der Waals surface area (Å²) in [4.78, 5) is 0. The molecule has 0 spiro atoms. The highest BCUT2D eigenvalue weighted by Gasteiger charge is 1.90. The molecule has 0 amide bonds. The molecule has 0 aliphatic rings. The second-order valence-electron chi connectivity index (χ2n) is 4.97. The van der Waals surface area contributed by atoms with E-state index >= 15 is 0 Å². The Morgan fingerprint density at radius 1 is 0.667 bits per heavy atom. The van der Waals surface area contributed by atoms with Gasteiger partial charge < -0.3 is 0 Å². The average Bonchev–Trinajstić information content (AvgIpc) is 2.39. The van der Waals surface area contributed by atoms with Gasteiger partial charge in [-0.3, -0.25) is 0 Å². The number of hydrogen-bond donors (Lipinski definition) is 0. The van der Waals surface area contributed by atoms with Gasteiger partial charge >= 0.3 is 0 Å². The minimum atomic E-state index is 0.992. The predicted molar refractivity (Wildman–Crippen MR) is 84.9 cm³/mol. The van der Waals surface area contributed by atoms with Crippen molar-refractivity contribution in [3.63, 3.8) is 0 Å². The summed E-state index contributed by atoms with van der Waals surface area (Å²) in [5.41, 5.74) is 0. The number of allylic oxidation sites excluding steroid dienone is 5. The van der Waals surface area contributed by atoms with Crippen LogP contribution in [0.1, 0.15) is 77.6 Å². The van der Waals surface area contributed by atoms with E-state index < -0.39 is 0 Å². The summed E-state index contributed by atoms with van der Waals surface area (Å²) in [6.07, 6.45) is 25.5. The third-order valence-corrected chi connectivity index (χ3v) is 3.13. The average molecular weight is 248 g/mol. The fourth-order valence-corrected chi connectivity index (χ4v) is 1.98. The fourth-order valence-electron chi connectivity index (χ4n) is 1.98. The molecule has 0 fully saturated rings. The second-order valence-corrected chi connectivity index (χ2v) is 4.97. The number of hydrogen-bond acceptors (Lipinski definition) is 0. The van der Waals surface area contributed by atoms with Crippen molar-refractivity contribution in [3.05, 3.63) is 37.0 Å². The zero-order valence-electron chi connectivity index (χ0n) is 12.4. The van der Waals surface area contributed by atoms with Gasteiger partial charge in [0.05, 0.1) is 0 Å². The molecule has 18 heavy (non-hydrogen) atoms. The molecule has 0 nitrogen and oxygen atoms in total. The molecule has 0 aliphatic heterocycles. The molecule has 0 aliphatic carbocycles. The van der Waals surface area contributed by atoms with Gasteiger partial charge in [0.2, 0.25) is 0 Å². The Balaban J connectivity index is 3.10. The van der Waals surface area contributed by atoms with Crippen molar-refractivity contribution < 1.29 is 0 Å². The Hall–Kier alpha value is -0.780. The van der Waals surface area contributed by atoms with Crippen LogP contribution in [0.5, 0.6) is 0 Å². The summed E-state index contributed by atoms with van der Waals surface area (Å²) in [6.45, 7) is 5.97. The molecular weight excluding hydrogens is 216 g/mol. The maximum Gasteiger partial charge on any atom is -0.0169 e.